The van der Waals surface area contributed by atoms with Crippen LogP contribution >= 0.6 is 0 Å². The number of carbonyl (C=O) groups is 2. The van der Waals surface area contributed by atoms with E-state index in [-0.39, 0.29) is 41.4 Å². The number of benzene rings is 4. The lowest BCUT2D eigenvalue weighted by Gasteiger charge is -2.64. The molecule has 1 amide bonds. The molecule has 4 aromatic rings. The summed E-state index contributed by atoms with van der Waals surface area (Å²) in [6.45, 7) is 14.7. The van der Waals surface area contributed by atoms with Crippen molar-refractivity contribution < 1.29 is 38.4 Å². The van der Waals surface area contributed by atoms with Crippen molar-refractivity contribution in [2.24, 2.45) is 34.3 Å². The summed E-state index contributed by atoms with van der Waals surface area (Å²) in [4.78, 5) is 33.1. The van der Waals surface area contributed by atoms with E-state index < -0.39 is 6.10 Å². The zero-order valence-electron chi connectivity index (χ0n) is 49.3. The van der Waals surface area contributed by atoms with Crippen LogP contribution in [0.2, 0.25) is 0 Å². The van der Waals surface area contributed by atoms with Gasteiger partial charge in [-0.25, -0.2) is 4.79 Å². The van der Waals surface area contributed by atoms with E-state index >= 15 is 0 Å². The minimum atomic E-state index is -0.401. The molecule has 428 valence electrons. The smallest absolute Gasteiger partial charge is 0.414 e. The number of hydrogen-bond acceptors (Lipinski definition) is 12. The Morgan fingerprint density at radius 3 is 2.16 bits per heavy atom. The molecule has 0 aromatic heterocycles. The number of ether oxygens (including phenoxy) is 5. The number of hydrogen-bond donors (Lipinski definition) is 2. The Labute approximate surface area is 471 Å². The predicted molar refractivity (Wildman–Crippen MR) is 313 cm³/mol. The molecule has 9 aliphatic rings. The van der Waals surface area contributed by atoms with E-state index in [1.807, 2.05) is 63.5 Å². The lowest BCUT2D eigenvalue weighted by molar-refractivity contribution is -0.104. The number of nitrogens with two attached hydrogens (primary N) is 1. The average Bonchev–Trinajstić information content (AvgIpc) is 4.04. The fraction of sp³-hybridized carbons (Fsp3) is 0.576. The first-order valence-corrected chi connectivity index (χ1v) is 29.2. The minimum Gasteiger partial charge on any atom is -0.493 e. The van der Waals surface area contributed by atoms with Gasteiger partial charge in [0.25, 0.3) is 0 Å². The number of Topliss-reactive ketones (excluding diaryl/α,β-unsaturated/α-hetero) is 1. The second-order valence-electron chi connectivity index (χ2n) is 25.7. The number of methoxy groups -OCH3 is 3. The van der Waals surface area contributed by atoms with Crippen LogP contribution in [0, 0.1) is 28.6 Å². The Balaban J connectivity index is 0.000000132. The maximum Gasteiger partial charge on any atom is 0.414 e. The summed E-state index contributed by atoms with van der Waals surface area (Å²) < 4.78 is 27.7. The molecule has 13 heteroatoms. The van der Waals surface area contributed by atoms with Crippen LogP contribution in [-0.4, -0.2) is 130 Å². The van der Waals surface area contributed by atoms with Crippen molar-refractivity contribution in [3.05, 3.63) is 124 Å². The van der Waals surface area contributed by atoms with Gasteiger partial charge in [0, 0.05) is 74.2 Å². The Hall–Kier alpha value is -5.44. The van der Waals surface area contributed by atoms with Crippen molar-refractivity contribution in [2.45, 2.75) is 141 Å². The monoisotopic (exact) mass is 1080 g/mol. The molecule has 7 atom stereocenters. The normalized spacial score (nSPS) is 28.5. The van der Waals surface area contributed by atoms with E-state index in [0.717, 1.165) is 79.7 Å². The number of piperidine rings is 1. The molecular formula is C66H91N5O8. The van der Waals surface area contributed by atoms with Gasteiger partial charge in [0.2, 0.25) is 0 Å². The van der Waals surface area contributed by atoms with E-state index in [9.17, 15) is 14.7 Å². The maximum absolute atomic E-state index is 12.9. The topological polar surface area (TPSA) is 140 Å². The van der Waals surface area contributed by atoms with Crippen LogP contribution in [0.1, 0.15) is 142 Å². The number of carbonyl (C=O) groups excluding carboxylic acids is 2. The van der Waals surface area contributed by atoms with Crippen molar-refractivity contribution in [3.63, 3.8) is 0 Å². The van der Waals surface area contributed by atoms with Gasteiger partial charge in [0.1, 0.15) is 11.9 Å². The predicted octanol–water partition coefficient (Wildman–Crippen LogP) is 11.5. The van der Waals surface area contributed by atoms with Gasteiger partial charge < -0.3 is 44.3 Å². The van der Waals surface area contributed by atoms with Gasteiger partial charge in [-0.2, -0.15) is 0 Å². The Morgan fingerprint density at radius 2 is 1.53 bits per heavy atom. The molecule has 4 saturated carbocycles. The van der Waals surface area contributed by atoms with Gasteiger partial charge in [-0.15, -0.1) is 0 Å². The first kappa shape index (κ1) is 58.2. The van der Waals surface area contributed by atoms with Gasteiger partial charge in [0.05, 0.1) is 27.4 Å². The second kappa shape index (κ2) is 24.3. The highest BCUT2D eigenvalue weighted by molar-refractivity contribution is 6.03. The molecule has 0 spiro atoms. The average molecular weight is 1080 g/mol. The number of likely N-dealkylation sites (N-methyl/N-ethyl adjacent to an activating group) is 1. The maximum atomic E-state index is 12.9. The second-order valence-corrected chi connectivity index (χ2v) is 25.7. The molecule has 1 saturated heterocycles. The van der Waals surface area contributed by atoms with Crippen LogP contribution < -0.4 is 29.4 Å². The van der Waals surface area contributed by atoms with E-state index in [0.29, 0.717) is 47.0 Å². The molecule has 4 aromatic carbocycles. The zero-order chi connectivity index (χ0) is 56.4. The number of likely N-dealkylation sites (tertiary alicyclic amines) is 1. The molecule has 5 fully saturated rings. The standard InChI is InChI=1S/C24H29NO3.C16H19NO3.C14H22N2O2.C12H21N/c1-27-22-14-19-13-20(24(26)21(19)15-23(22)28-2)12-17-8-10-25(11-9-17)16-18-6-4-3-5-7-18;1-17-7-9-3-4-12(19-2)16-15(9)14-10(8-17)5-11(18)6-13(14)20-16;1-6-16(5)14(17)18-13-9-7-8-12(10-13)11(2)15(3)4;1-10-3-9-4-11(2,6-10)8-12(13,5-9)7-10/h3-7,14-15,17,20H,8-13,16H2,1-2H3;3-5,11,13-14,18H,6-8H2,1-2H3;7-11H,6H2,1-5H3;9H,3-8,13H2,1-2H3/t;11-,13-,14-;11-;/m.00./s1. The summed E-state index contributed by atoms with van der Waals surface area (Å²) >= 11 is 0. The Kier molecular flexibility index (Phi) is 17.9. The summed E-state index contributed by atoms with van der Waals surface area (Å²) in [7, 11) is 12.8. The third kappa shape index (κ3) is 13.3. The molecule has 3 aliphatic heterocycles. The highest BCUT2D eigenvalue weighted by atomic mass is 16.6. The van der Waals surface area contributed by atoms with Crippen molar-refractivity contribution in [2.75, 3.05) is 75.7 Å². The van der Waals surface area contributed by atoms with Crippen molar-refractivity contribution in [1.29, 1.82) is 0 Å². The van der Waals surface area contributed by atoms with E-state index in [4.69, 9.17) is 29.4 Å². The van der Waals surface area contributed by atoms with Crippen molar-refractivity contribution in [1.82, 2.24) is 19.6 Å². The SMILES string of the molecule is CC12CC3CC(C)(C1)CC(N)(C3)C2.CCN(C)C(=O)Oc1cccc([C@H](C)N(C)C)c1.COc1cc2c(cc1OC)C(=O)C(CC1CCN(Cc3ccccc3)CC1)C2.COc1ccc2c3c1O[C@H]1C[C@@H](O)C=C(CN(C)C2)[C@H]31. The van der Waals surface area contributed by atoms with Crippen molar-refractivity contribution in [3.8, 4) is 28.7 Å². The summed E-state index contributed by atoms with van der Waals surface area (Å²) in [6.07, 6.45) is 14.5. The third-order valence-corrected chi connectivity index (χ3v) is 18.7. The highest BCUT2D eigenvalue weighted by Gasteiger charge is 2.58. The fourth-order valence-corrected chi connectivity index (χ4v) is 15.6. The van der Waals surface area contributed by atoms with Crippen LogP contribution in [0.3, 0.4) is 0 Å². The molecule has 3 heterocycles. The molecule has 13 rings (SSSR count). The fourth-order valence-electron chi connectivity index (χ4n) is 15.6. The first-order valence-electron chi connectivity index (χ1n) is 29.2. The number of aliphatic hydroxyl groups excluding tert-OH is 1. The lowest BCUT2D eigenvalue weighted by atomic mass is 9.43. The van der Waals surface area contributed by atoms with Crippen LogP contribution in [0.25, 0.3) is 0 Å². The summed E-state index contributed by atoms with van der Waals surface area (Å²) in [5.74, 6) is 5.89. The number of nitrogens with zero attached hydrogens (tertiary/aromatic N) is 4. The highest BCUT2D eigenvalue weighted by Crippen LogP contribution is 2.65. The number of rotatable bonds is 11. The van der Waals surface area contributed by atoms with Crippen LogP contribution in [0.4, 0.5) is 4.79 Å². The van der Waals surface area contributed by atoms with Crippen LogP contribution in [0.15, 0.2) is 90.5 Å². The van der Waals surface area contributed by atoms with Gasteiger partial charge in [-0.1, -0.05) is 68.5 Å². The number of fused-ring (bicyclic) bond motifs is 1. The molecule has 6 aliphatic carbocycles. The molecule has 13 nitrogen and oxygen atoms in total. The molecular weight excluding hydrogens is 991 g/mol. The molecule has 79 heavy (non-hydrogen) atoms. The van der Waals surface area contributed by atoms with Gasteiger partial charge in [-0.05, 0) is 193 Å². The molecule has 3 N–H and O–H groups in total. The van der Waals surface area contributed by atoms with Gasteiger partial charge >= 0.3 is 6.09 Å². The first-order chi connectivity index (χ1) is 37.7. The van der Waals surface area contributed by atoms with Crippen LogP contribution in [0.5, 0.6) is 28.7 Å². The zero-order valence-corrected chi connectivity index (χ0v) is 49.3. The van der Waals surface area contributed by atoms with E-state index in [2.05, 4.69) is 78.9 Å². The van der Waals surface area contributed by atoms with E-state index in [1.54, 1.807) is 34.4 Å². The molecule has 4 bridgehead atoms. The van der Waals surface area contributed by atoms with E-state index in [1.165, 1.54) is 78.5 Å². The molecule has 0 radical (unpaired) electrons. The summed E-state index contributed by atoms with van der Waals surface area (Å²) in [5, 5.41) is 10.1. The van der Waals surface area contributed by atoms with Gasteiger partial charge in [0.15, 0.2) is 28.8 Å². The van der Waals surface area contributed by atoms with Gasteiger partial charge in [-0.3, -0.25) is 14.6 Å². The number of ketones is 1. The quantitative estimate of drug-likeness (QED) is 0.138. The van der Waals surface area contributed by atoms with Crippen LogP contribution in [-0.2, 0) is 19.5 Å². The van der Waals surface area contributed by atoms with Crippen molar-refractivity contribution >= 4 is 11.9 Å². The molecule has 3 unspecified atom stereocenters. The number of aliphatic hydroxyl groups is 1. The summed E-state index contributed by atoms with van der Waals surface area (Å²) in [5.41, 5.74) is 16.2. The third-order valence-electron chi connectivity index (χ3n) is 18.7. The minimum absolute atomic E-state index is 0.0431. The summed E-state index contributed by atoms with van der Waals surface area (Å²) in [6, 6.07) is 26.6. The lowest BCUT2D eigenvalue weighted by Crippen LogP contribution is -2.62. The Bertz CT molecular complexity index is 2760. The number of amides is 1. The Morgan fingerprint density at radius 1 is 0.848 bits per heavy atom. The largest absolute Gasteiger partial charge is 0.493 e.